The lowest BCUT2D eigenvalue weighted by Crippen LogP contribution is -2.21. The Morgan fingerprint density at radius 1 is 1.41 bits per heavy atom. The molecule has 0 aliphatic carbocycles. The van der Waals surface area contributed by atoms with Crippen molar-refractivity contribution in [2.24, 2.45) is 0 Å². The zero-order valence-corrected chi connectivity index (χ0v) is 10.1. The van der Waals surface area contributed by atoms with Gasteiger partial charge in [-0.15, -0.1) is 0 Å². The number of aryl methyl sites for hydroxylation is 2. The van der Waals surface area contributed by atoms with Gasteiger partial charge in [0.25, 0.3) is 5.56 Å². The van der Waals surface area contributed by atoms with Gasteiger partial charge in [-0.05, 0) is 25.0 Å². The summed E-state index contributed by atoms with van der Waals surface area (Å²) in [4.78, 5) is 16.5. The largest absolute Gasteiger partial charge is 0.385 e. The third kappa shape index (κ3) is 2.36. The number of hydrogen-bond donors (Lipinski definition) is 0. The number of hydrogen-bond acceptors (Lipinski definition) is 3. The number of ether oxygens (including phenoxy) is 1. The molecule has 0 aliphatic heterocycles. The van der Waals surface area contributed by atoms with Gasteiger partial charge in [0.2, 0.25) is 0 Å². The molecule has 0 fully saturated rings. The molecule has 0 unspecified atom stereocenters. The number of nitrogens with zero attached hydrogens (tertiary/aromatic N) is 2. The number of fused-ring (bicyclic) bond motifs is 1. The number of benzene rings is 1. The highest BCUT2D eigenvalue weighted by molar-refractivity contribution is 5.80. The van der Waals surface area contributed by atoms with Crippen LogP contribution in [-0.4, -0.2) is 23.3 Å². The number of para-hydroxylation sites is 1. The van der Waals surface area contributed by atoms with Gasteiger partial charge in [0.15, 0.2) is 0 Å². The molecule has 0 saturated heterocycles. The summed E-state index contributed by atoms with van der Waals surface area (Å²) in [7, 11) is 1.66. The van der Waals surface area contributed by atoms with Crippen molar-refractivity contribution < 1.29 is 4.74 Å². The van der Waals surface area contributed by atoms with Crippen molar-refractivity contribution in [3.63, 3.8) is 0 Å². The molecular formula is C13H16N2O2. The molecule has 1 aromatic heterocycles. The van der Waals surface area contributed by atoms with Crippen molar-refractivity contribution in [2.75, 3.05) is 13.7 Å². The van der Waals surface area contributed by atoms with Crippen molar-refractivity contribution in [3.05, 3.63) is 40.4 Å². The van der Waals surface area contributed by atoms with E-state index < -0.39 is 0 Å². The monoisotopic (exact) mass is 232 g/mol. The van der Waals surface area contributed by atoms with Gasteiger partial charge in [-0.25, -0.2) is 4.98 Å². The Labute approximate surface area is 99.9 Å². The molecule has 0 N–H and O–H groups in total. The SMILES string of the molecule is COCCCn1cnc2c(C)cccc2c1=O. The Kier molecular flexibility index (Phi) is 3.54. The van der Waals surface area contributed by atoms with Crippen LogP contribution in [0.25, 0.3) is 10.9 Å². The molecule has 4 nitrogen and oxygen atoms in total. The van der Waals surface area contributed by atoms with E-state index >= 15 is 0 Å². The number of aromatic nitrogens is 2. The van der Waals surface area contributed by atoms with Crippen LogP contribution < -0.4 is 5.56 Å². The first-order valence-corrected chi connectivity index (χ1v) is 5.67. The summed E-state index contributed by atoms with van der Waals surface area (Å²) in [5.74, 6) is 0. The standard InChI is InChI=1S/C13H16N2O2/c1-10-5-3-6-11-12(10)14-9-15(13(11)16)7-4-8-17-2/h3,5-6,9H,4,7-8H2,1-2H3. The third-order valence-electron chi connectivity index (χ3n) is 2.80. The Morgan fingerprint density at radius 3 is 3.00 bits per heavy atom. The fourth-order valence-corrected chi connectivity index (χ4v) is 1.88. The van der Waals surface area contributed by atoms with Gasteiger partial charge in [0, 0.05) is 20.3 Å². The highest BCUT2D eigenvalue weighted by Crippen LogP contribution is 2.11. The fourth-order valence-electron chi connectivity index (χ4n) is 1.88. The molecule has 4 heteroatoms. The van der Waals surface area contributed by atoms with E-state index in [1.807, 2.05) is 25.1 Å². The average molecular weight is 232 g/mol. The lowest BCUT2D eigenvalue weighted by molar-refractivity contribution is 0.190. The number of rotatable bonds is 4. The van der Waals surface area contributed by atoms with Crippen LogP contribution in [0.15, 0.2) is 29.3 Å². The molecule has 0 aliphatic rings. The second kappa shape index (κ2) is 5.10. The van der Waals surface area contributed by atoms with Crippen molar-refractivity contribution in [1.82, 2.24) is 9.55 Å². The Hall–Kier alpha value is -1.68. The predicted octanol–water partition coefficient (Wildman–Crippen LogP) is 1.74. The van der Waals surface area contributed by atoms with Crippen molar-refractivity contribution in [2.45, 2.75) is 19.9 Å². The molecule has 2 rings (SSSR count). The van der Waals surface area contributed by atoms with Crippen LogP contribution in [0.3, 0.4) is 0 Å². The van der Waals surface area contributed by atoms with E-state index in [9.17, 15) is 4.79 Å². The molecule has 0 amide bonds. The lowest BCUT2D eigenvalue weighted by Gasteiger charge is -2.07. The molecule has 1 heterocycles. The summed E-state index contributed by atoms with van der Waals surface area (Å²) < 4.78 is 6.61. The van der Waals surface area contributed by atoms with Crippen molar-refractivity contribution >= 4 is 10.9 Å². The molecule has 0 spiro atoms. The Bertz CT molecular complexity index is 575. The second-order valence-electron chi connectivity index (χ2n) is 4.06. The van der Waals surface area contributed by atoms with E-state index in [0.717, 1.165) is 17.5 Å². The van der Waals surface area contributed by atoms with Crippen LogP contribution in [0.2, 0.25) is 0 Å². The Morgan fingerprint density at radius 2 is 2.24 bits per heavy atom. The normalized spacial score (nSPS) is 10.9. The van der Waals surface area contributed by atoms with Crippen LogP contribution >= 0.6 is 0 Å². The minimum absolute atomic E-state index is 0.0230. The molecular weight excluding hydrogens is 216 g/mol. The maximum Gasteiger partial charge on any atom is 0.261 e. The maximum atomic E-state index is 12.2. The van der Waals surface area contributed by atoms with Crippen LogP contribution in [-0.2, 0) is 11.3 Å². The van der Waals surface area contributed by atoms with E-state index in [0.29, 0.717) is 18.5 Å². The van der Waals surface area contributed by atoms with Gasteiger partial charge < -0.3 is 4.74 Å². The molecule has 2 aromatic rings. The predicted molar refractivity (Wildman–Crippen MR) is 67.2 cm³/mol. The van der Waals surface area contributed by atoms with E-state index in [-0.39, 0.29) is 5.56 Å². The molecule has 0 saturated carbocycles. The highest BCUT2D eigenvalue weighted by Gasteiger charge is 2.05. The first kappa shape index (κ1) is 11.8. The van der Waals surface area contributed by atoms with Gasteiger partial charge in [-0.1, -0.05) is 12.1 Å². The fraction of sp³-hybridized carbons (Fsp3) is 0.385. The summed E-state index contributed by atoms with van der Waals surface area (Å²) in [5, 5.41) is 0.685. The van der Waals surface area contributed by atoms with Gasteiger partial charge in [-0.3, -0.25) is 9.36 Å². The molecule has 1 aromatic carbocycles. The minimum Gasteiger partial charge on any atom is -0.385 e. The van der Waals surface area contributed by atoms with Gasteiger partial charge in [0.05, 0.1) is 17.2 Å². The highest BCUT2D eigenvalue weighted by atomic mass is 16.5. The van der Waals surface area contributed by atoms with Crippen LogP contribution in [0.1, 0.15) is 12.0 Å². The van der Waals surface area contributed by atoms with E-state index in [1.54, 1.807) is 18.0 Å². The summed E-state index contributed by atoms with van der Waals surface area (Å²) in [5.41, 5.74) is 1.85. The lowest BCUT2D eigenvalue weighted by atomic mass is 10.1. The summed E-state index contributed by atoms with van der Waals surface area (Å²) >= 11 is 0. The van der Waals surface area contributed by atoms with Gasteiger partial charge in [-0.2, -0.15) is 0 Å². The molecule has 0 atom stereocenters. The van der Waals surface area contributed by atoms with E-state index in [4.69, 9.17) is 4.74 Å². The van der Waals surface area contributed by atoms with E-state index in [2.05, 4.69) is 4.98 Å². The quantitative estimate of drug-likeness (QED) is 0.754. The second-order valence-corrected chi connectivity index (χ2v) is 4.06. The average Bonchev–Trinajstić information content (AvgIpc) is 2.33. The van der Waals surface area contributed by atoms with Crippen molar-refractivity contribution in [3.8, 4) is 0 Å². The van der Waals surface area contributed by atoms with Gasteiger partial charge in [0.1, 0.15) is 0 Å². The minimum atomic E-state index is 0.0230. The molecule has 17 heavy (non-hydrogen) atoms. The maximum absolute atomic E-state index is 12.2. The third-order valence-corrected chi connectivity index (χ3v) is 2.80. The smallest absolute Gasteiger partial charge is 0.261 e. The van der Waals surface area contributed by atoms with E-state index in [1.165, 1.54) is 0 Å². The van der Waals surface area contributed by atoms with Crippen LogP contribution in [0.4, 0.5) is 0 Å². The zero-order valence-electron chi connectivity index (χ0n) is 10.1. The first-order chi connectivity index (χ1) is 8.24. The molecule has 90 valence electrons. The molecule has 0 radical (unpaired) electrons. The van der Waals surface area contributed by atoms with Crippen LogP contribution in [0, 0.1) is 6.92 Å². The van der Waals surface area contributed by atoms with Crippen LogP contribution in [0.5, 0.6) is 0 Å². The first-order valence-electron chi connectivity index (χ1n) is 5.67. The Balaban J connectivity index is 2.41. The zero-order chi connectivity index (χ0) is 12.3. The van der Waals surface area contributed by atoms with Crippen molar-refractivity contribution in [1.29, 1.82) is 0 Å². The number of methoxy groups -OCH3 is 1. The summed E-state index contributed by atoms with van der Waals surface area (Å²) in [6.07, 6.45) is 2.43. The molecule has 0 bridgehead atoms. The van der Waals surface area contributed by atoms with Gasteiger partial charge >= 0.3 is 0 Å². The topological polar surface area (TPSA) is 44.1 Å². The summed E-state index contributed by atoms with van der Waals surface area (Å²) in [6.45, 7) is 3.26. The summed E-state index contributed by atoms with van der Waals surface area (Å²) in [6, 6.07) is 5.68.